The summed E-state index contributed by atoms with van der Waals surface area (Å²) in [5.41, 5.74) is 3.45. The summed E-state index contributed by atoms with van der Waals surface area (Å²) >= 11 is 11.4. The molecule has 0 saturated heterocycles. The molecule has 194 valence electrons. The van der Waals surface area contributed by atoms with Gasteiger partial charge in [-0.1, -0.05) is 75.5 Å². The van der Waals surface area contributed by atoms with E-state index in [-0.39, 0.29) is 22.3 Å². The number of pyridine rings is 1. The highest BCUT2D eigenvalue weighted by molar-refractivity contribution is 7.91. The van der Waals surface area contributed by atoms with Crippen molar-refractivity contribution < 1.29 is 17.6 Å². The van der Waals surface area contributed by atoms with Gasteiger partial charge in [0.1, 0.15) is 12.9 Å². The van der Waals surface area contributed by atoms with E-state index in [9.17, 15) is 12.8 Å². The Labute approximate surface area is 224 Å². The van der Waals surface area contributed by atoms with E-state index in [4.69, 9.17) is 28.7 Å². The predicted octanol–water partition coefficient (Wildman–Crippen LogP) is 7.66. The van der Waals surface area contributed by atoms with Crippen LogP contribution in [0.2, 0.25) is 0 Å². The number of hydrogen-bond donors (Lipinski definition) is 0. The van der Waals surface area contributed by atoms with Crippen LogP contribution in [-0.4, -0.2) is 31.9 Å². The number of unbranched alkanes of at least 4 members (excludes halogenated alkanes) is 5. The van der Waals surface area contributed by atoms with Crippen molar-refractivity contribution in [2.75, 3.05) is 18.7 Å². The summed E-state index contributed by atoms with van der Waals surface area (Å²) in [7, 11) is -1.90. The molecular weight excluding hydrogens is 517 g/mol. The summed E-state index contributed by atoms with van der Waals surface area (Å²) in [6.45, 7) is 2.20. The normalized spacial score (nSPS) is 11.6. The van der Waals surface area contributed by atoms with E-state index < -0.39 is 9.84 Å². The van der Waals surface area contributed by atoms with Gasteiger partial charge in [0.25, 0.3) is 0 Å². The third kappa shape index (κ3) is 7.17. The molecule has 0 saturated carbocycles. The molecule has 0 atom stereocenters. The Kier molecular flexibility index (Phi) is 10.5. The lowest BCUT2D eigenvalue weighted by atomic mass is 9.99. The highest BCUT2D eigenvalue weighted by Gasteiger charge is 2.15. The Hall–Kier alpha value is -2.22. The average Bonchev–Trinajstić information content (AvgIpc) is 2.87. The molecule has 0 aliphatic rings. The van der Waals surface area contributed by atoms with Crippen molar-refractivity contribution in [1.29, 1.82) is 0 Å². The third-order valence-electron chi connectivity index (χ3n) is 6.25. The van der Waals surface area contributed by atoms with Gasteiger partial charge < -0.3 is 4.84 Å². The van der Waals surface area contributed by atoms with Gasteiger partial charge in [-0.2, -0.15) is 4.73 Å². The molecule has 1 heterocycles. The van der Waals surface area contributed by atoms with Crippen molar-refractivity contribution in [3.8, 4) is 22.3 Å². The molecule has 0 aliphatic carbocycles. The zero-order chi connectivity index (χ0) is 26.1. The van der Waals surface area contributed by atoms with E-state index in [2.05, 4.69) is 6.92 Å². The summed E-state index contributed by atoms with van der Waals surface area (Å²) in [6, 6.07) is 11.8. The van der Waals surface area contributed by atoms with E-state index in [0.29, 0.717) is 26.8 Å². The number of benzene rings is 2. The van der Waals surface area contributed by atoms with Gasteiger partial charge in [-0.3, -0.25) is 0 Å². The van der Waals surface area contributed by atoms with Gasteiger partial charge in [0, 0.05) is 17.0 Å². The van der Waals surface area contributed by atoms with Gasteiger partial charge in [-0.15, -0.1) is 11.6 Å². The number of halogens is 2. The molecule has 0 N–H and O–H groups in total. The Morgan fingerprint density at radius 3 is 2.17 bits per heavy atom. The first-order valence-corrected chi connectivity index (χ1v) is 14.9. The van der Waals surface area contributed by atoms with Gasteiger partial charge in [0.2, 0.25) is 0 Å². The van der Waals surface area contributed by atoms with Crippen LogP contribution >= 0.6 is 23.8 Å². The molecule has 8 heteroatoms. The van der Waals surface area contributed by atoms with Crippen molar-refractivity contribution in [3.05, 3.63) is 70.7 Å². The Morgan fingerprint density at radius 2 is 1.56 bits per heavy atom. The minimum Gasteiger partial charge on any atom is -0.418 e. The maximum Gasteiger partial charge on any atom is 0.179 e. The summed E-state index contributed by atoms with van der Waals surface area (Å²) in [4.78, 5) is 5.62. The van der Waals surface area contributed by atoms with Crippen molar-refractivity contribution in [2.24, 2.45) is 0 Å². The molecule has 0 fully saturated rings. The van der Waals surface area contributed by atoms with Crippen molar-refractivity contribution in [3.63, 3.8) is 0 Å². The number of sulfone groups is 1. The minimum absolute atomic E-state index is 0.0323. The lowest BCUT2D eigenvalue weighted by Crippen LogP contribution is -2.08. The van der Waals surface area contributed by atoms with Gasteiger partial charge in [-0.25, -0.2) is 12.8 Å². The Morgan fingerprint density at radius 1 is 0.944 bits per heavy atom. The maximum atomic E-state index is 15.0. The average molecular weight is 550 g/mol. The first-order valence-electron chi connectivity index (χ1n) is 12.3. The standard InChI is InChI=1S/C28H33ClFNO3S2/c1-3-4-5-6-7-8-9-22-10-11-23(18-27(22)30)26-20-31(34-2)19-25(28(26)35)21-12-14-24(15-13-21)36(32,33)17-16-29/h10-15,18-20H,3-9,16-17H2,1-2H3. The lowest BCUT2D eigenvalue weighted by molar-refractivity contribution is 0.166. The van der Waals surface area contributed by atoms with E-state index in [0.717, 1.165) is 24.8 Å². The second-order valence-corrected chi connectivity index (χ2v) is 11.7. The predicted molar refractivity (Wildman–Crippen MR) is 148 cm³/mol. The van der Waals surface area contributed by atoms with Crippen molar-refractivity contribution in [1.82, 2.24) is 4.73 Å². The zero-order valence-electron chi connectivity index (χ0n) is 20.8. The molecular formula is C28H33ClFNO3S2. The fourth-order valence-corrected chi connectivity index (χ4v) is 6.09. The first-order chi connectivity index (χ1) is 17.3. The van der Waals surface area contributed by atoms with Crippen LogP contribution < -0.4 is 4.84 Å². The fourth-order valence-electron chi connectivity index (χ4n) is 4.15. The molecule has 0 radical (unpaired) electrons. The molecule has 4 nitrogen and oxygen atoms in total. The smallest absolute Gasteiger partial charge is 0.179 e. The van der Waals surface area contributed by atoms with Crippen molar-refractivity contribution in [2.45, 2.75) is 56.8 Å². The maximum absolute atomic E-state index is 15.0. The second kappa shape index (κ2) is 13.4. The molecule has 0 spiro atoms. The van der Waals surface area contributed by atoms with Gasteiger partial charge in [0.15, 0.2) is 9.84 Å². The molecule has 36 heavy (non-hydrogen) atoms. The van der Waals surface area contributed by atoms with Crippen LogP contribution in [0.25, 0.3) is 22.3 Å². The van der Waals surface area contributed by atoms with Crippen LogP contribution in [0.15, 0.2) is 59.8 Å². The largest absolute Gasteiger partial charge is 0.418 e. The zero-order valence-corrected chi connectivity index (χ0v) is 23.2. The quantitative estimate of drug-likeness (QED) is 0.125. The topological polar surface area (TPSA) is 48.3 Å². The molecule has 1 aromatic heterocycles. The number of hydrogen-bond acceptors (Lipinski definition) is 4. The number of aryl methyl sites for hydroxylation is 1. The van der Waals surface area contributed by atoms with E-state index >= 15 is 0 Å². The summed E-state index contributed by atoms with van der Waals surface area (Å²) < 4.78 is 41.6. The summed E-state index contributed by atoms with van der Waals surface area (Å²) in [5.74, 6) is -0.330. The highest BCUT2D eigenvalue weighted by Crippen LogP contribution is 2.31. The van der Waals surface area contributed by atoms with Gasteiger partial charge >= 0.3 is 0 Å². The van der Waals surface area contributed by atoms with Crippen LogP contribution in [0.4, 0.5) is 4.39 Å². The van der Waals surface area contributed by atoms with Crippen LogP contribution in [0.3, 0.4) is 0 Å². The molecule has 0 amide bonds. The minimum atomic E-state index is -3.43. The Bertz CT molecular complexity index is 1320. The van der Waals surface area contributed by atoms with Crippen LogP contribution in [0, 0.1) is 10.3 Å². The molecule has 3 rings (SSSR count). The molecule has 0 unspecified atom stereocenters. The van der Waals surface area contributed by atoms with Gasteiger partial charge in [0.05, 0.1) is 27.6 Å². The van der Waals surface area contributed by atoms with Crippen LogP contribution in [-0.2, 0) is 16.3 Å². The van der Waals surface area contributed by atoms with Crippen LogP contribution in [0.1, 0.15) is 51.0 Å². The number of aromatic nitrogens is 1. The summed E-state index contributed by atoms with van der Waals surface area (Å²) in [5, 5.41) is 0. The molecule has 0 aliphatic heterocycles. The van der Waals surface area contributed by atoms with Crippen LogP contribution in [0.5, 0.6) is 0 Å². The second-order valence-electron chi connectivity index (χ2n) is 8.81. The van der Waals surface area contributed by atoms with E-state index in [1.54, 1.807) is 36.7 Å². The van der Waals surface area contributed by atoms with Gasteiger partial charge in [-0.05, 0) is 47.7 Å². The molecule has 0 bridgehead atoms. The number of nitrogens with zero attached hydrogens (tertiary/aromatic N) is 1. The highest BCUT2D eigenvalue weighted by atomic mass is 35.5. The lowest BCUT2D eigenvalue weighted by Gasteiger charge is -2.14. The molecule has 3 aromatic rings. The van der Waals surface area contributed by atoms with E-state index in [1.807, 2.05) is 12.1 Å². The van der Waals surface area contributed by atoms with E-state index in [1.165, 1.54) is 43.6 Å². The Balaban J connectivity index is 1.88. The third-order valence-corrected chi connectivity index (χ3v) is 8.83. The fraction of sp³-hybridized carbons (Fsp3) is 0.393. The first kappa shape index (κ1) is 28.4. The SMILES string of the molecule is CCCCCCCCc1ccc(-c2cn(OC)cc(-c3ccc(S(=O)(=O)CCCl)cc3)c2=S)cc1F. The number of alkyl halides is 1. The van der Waals surface area contributed by atoms with Crippen molar-refractivity contribution >= 4 is 33.7 Å². The summed E-state index contributed by atoms with van der Waals surface area (Å²) in [6.07, 6.45) is 11.2. The monoisotopic (exact) mass is 549 g/mol. The molecule has 2 aromatic carbocycles. The number of rotatable bonds is 13.